The van der Waals surface area contributed by atoms with Crippen LogP contribution >= 0.6 is 0 Å². The summed E-state index contributed by atoms with van der Waals surface area (Å²) in [5, 5.41) is 17.5. The number of para-hydroxylation sites is 1. The number of alkyl carbamates (subject to hydrolysis) is 1. The van der Waals surface area contributed by atoms with E-state index in [0.29, 0.717) is 0 Å². The van der Waals surface area contributed by atoms with Crippen LogP contribution in [0.2, 0.25) is 0 Å². The first-order chi connectivity index (χ1) is 14.2. The van der Waals surface area contributed by atoms with Crippen molar-refractivity contribution < 1.29 is 19.2 Å². The van der Waals surface area contributed by atoms with Crippen molar-refractivity contribution in [1.82, 2.24) is 10.7 Å². The Balaban J connectivity index is 2.06. The first-order valence-corrected chi connectivity index (χ1v) is 9.25. The Morgan fingerprint density at radius 3 is 2.40 bits per heavy atom. The minimum Gasteiger partial charge on any atom is -0.444 e. The van der Waals surface area contributed by atoms with Crippen LogP contribution in [0.3, 0.4) is 0 Å². The molecule has 0 fully saturated rings. The molecule has 2 aromatic rings. The average Bonchev–Trinajstić information content (AvgIpc) is 2.67. The van der Waals surface area contributed by atoms with Gasteiger partial charge in [0.05, 0.1) is 29.2 Å². The van der Waals surface area contributed by atoms with Crippen LogP contribution in [0.4, 0.5) is 10.5 Å². The van der Waals surface area contributed by atoms with Crippen molar-refractivity contribution in [2.24, 2.45) is 5.10 Å². The van der Waals surface area contributed by atoms with E-state index in [0.717, 1.165) is 5.56 Å². The van der Waals surface area contributed by atoms with Crippen LogP contribution in [0.5, 0.6) is 0 Å². The van der Waals surface area contributed by atoms with Crippen molar-refractivity contribution >= 4 is 23.9 Å². The summed E-state index contributed by atoms with van der Waals surface area (Å²) < 4.78 is 5.27. The summed E-state index contributed by atoms with van der Waals surface area (Å²) in [5.74, 6) is -0.477. The molecule has 0 unspecified atom stereocenters. The summed E-state index contributed by atoms with van der Waals surface area (Å²) in [6, 6.07) is 14.4. The Morgan fingerprint density at radius 2 is 1.77 bits per heavy atom. The molecule has 0 saturated heterocycles. The number of benzene rings is 2. The number of nitro groups is 1. The van der Waals surface area contributed by atoms with E-state index in [-0.39, 0.29) is 17.7 Å². The highest BCUT2D eigenvalue weighted by molar-refractivity contribution is 5.86. The Bertz CT molecular complexity index is 922. The van der Waals surface area contributed by atoms with E-state index in [2.05, 4.69) is 15.8 Å². The third-order valence-corrected chi connectivity index (χ3v) is 3.81. The molecule has 0 aromatic heterocycles. The molecule has 0 aliphatic rings. The summed E-state index contributed by atoms with van der Waals surface area (Å²) in [6.45, 7) is 5.23. The van der Waals surface area contributed by atoms with Crippen LogP contribution < -0.4 is 10.7 Å². The topological polar surface area (TPSA) is 123 Å². The van der Waals surface area contributed by atoms with Gasteiger partial charge < -0.3 is 10.1 Å². The Morgan fingerprint density at radius 1 is 1.13 bits per heavy atom. The van der Waals surface area contributed by atoms with Gasteiger partial charge in [0.15, 0.2) is 0 Å². The van der Waals surface area contributed by atoms with Gasteiger partial charge in [-0.15, -0.1) is 0 Å². The minimum atomic E-state index is -0.678. The molecule has 0 radical (unpaired) electrons. The number of nitro benzene ring substituents is 1. The molecule has 9 heteroatoms. The highest BCUT2D eigenvalue weighted by Gasteiger charge is 2.22. The molecule has 0 aliphatic carbocycles. The van der Waals surface area contributed by atoms with Crippen molar-refractivity contribution in [3.63, 3.8) is 0 Å². The van der Waals surface area contributed by atoms with Gasteiger partial charge in [-0.05, 0) is 32.4 Å². The van der Waals surface area contributed by atoms with Crippen molar-refractivity contribution in [3.8, 4) is 0 Å². The SMILES string of the molecule is CC(C)(C)OC(=O)N[C@@H](CC(=O)N/N=C/c1ccccc1[N+](=O)[O-])c1ccccc1. The number of hydrogen-bond acceptors (Lipinski definition) is 6. The van der Waals surface area contributed by atoms with E-state index in [1.165, 1.54) is 18.3 Å². The maximum absolute atomic E-state index is 12.4. The Labute approximate surface area is 174 Å². The minimum absolute atomic E-state index is 0.0997. The van der Waals surface area contributed by atoms with Gasteiger partial charge in [0.25, 0.3) is 5.69 Å². The predicted molar refractivity (Wildman–Crippen MR) is 112 cm³/mol. The number of hydrazone groups is 1. The molecule has 0 heterocycles. The first-order valence-electron chi connectivity index (χ1n) is 9.25. The third-order valence-electron chi connectivity index (χ3n) is 3.81. The molecule has 2 aromatic carbocycles. The monoisotopic (exact) mass is 412 g/mol. The predicted octanol–water partition coefficient (Wildman–Crippen LogP) is 3.70. The fourth-order valence-electron chi connectivity index (χ4n) is 2.56. The van der Waals surface area contributed by atoms with E-state index in [9.17, 15) is 19.7 Å². The number of ether oxygens (including phenoxy) is 1. The number of amides is 2. The molecular weight excluding hydrogens is 388 g/mol. The lowest BCUT2D eigenvalue weighted by Crippen LogP contribution is -2.36. The van der Waals surface area contributed by atoms with Gasteiger partial charge in [0.2, 0.25) is 5.91 Å². The fraction of sp³-hybridized carbons (Fsp3) is 0.286. The van der Waals surface area contributed by atoms with E-state index < -0.39 is 28.6 Å². The van der Waals surface area contributed by atoms with Gasteiger partial charge in [-0.2, -0.15) is 5.10 Å². The van der Waals surface area contributed by atoms with Gasteiger partial charge in [-0.25, -0.2) is 10.2 Å². The lowest BCUT2D eigenvalue weighted by atomic mass is 10.0. The van der Waals surface area contributed by atoms with Crippen LogP contribution in [0.1, 0.15) is 44.4 Å². The molecule has 0 spiro atoms. The number of carbonyl (C=O) groups is 2. The van der Waals surface area contributed by atoms with Gasteiger partial charge in [-0.1, -0.05) is 42.5 Å². The summed E-state index contributed by atoms with van der Waals surface area (Å²) in [6.07, 6.45) is 0.458. The standard InChI is InChI=1S/C21H24N4O5/c1-21(2,3)30-20(27)23-17(15-9-5-4-6-10-15)13-19(26)24-22-14-16-11-7-8-12-18(16)25(28)29/h4-12,14,17H,13H2,1-3H3,(H,23,27)(H,24,26)/b22-14+/t17-/m0/s1. The van der Waals surface area contributed by atoms with E-state index in [4.69, 9.17) is 4.74 Å². The quantitative estimate of drug-likeness (QED) is 0.408. The molecule has 158 valence electrons. The largest absolute Gasteiger partial charge is 0.444 e. The lowest BCUT2D eigenvalue weighted by molar-refractivity contribution is -0.385. The number of rotatable bonds is 7. The molecule has 30 heavy (non-hydrogen) atoms. The molecule has 0 aliphatic heterocycles. The fourth-order valence-corrected chi connectivity index (χ4v) is 2.56. The van der Waals surface area contributed by atoms with E-state index >= 15 is 0 Å². The smallest absolute Gasteiger partial charge is 0.408 e. The lowest BCUT2D eigenvalue weighted by Gasteiger charge is -2.23. The maximum Gasteiger partial charge on any atom is 0.408 e. The summed E-state index contributed by atoms with van der Waals surface area (Å²) in [7, 11) is 0. The van der Waals surface area contributed by atoms with Crippen LogP contribution in [-0.4, -0.2) is 28.7 Å². The van der Waals surface area contributed by atoms with Crippen molar-refractivity contribution in [2.45, 2.75) is 38.8 Å². The third kappa shape index (κ3) is 7.34. The molecule has 2 amide bonds. The Hall–Kier alpha value is -3.75. The number of nitrogens with zero attached hydrogens (tertiary/aromatic N) is 2. The van der Waals surface area contributed by atoms with Gasteiger partial charge in [0, 0.05) is 6.07 Å². The highest BCUT2D eigenvalue weighted by Crippen LogP contribution is 2.18. The van der Waals surface area contributed by atoms with E-state index in [1.54, 1.807) is 57.2 Å². The average molecular weight is 412 g/mol. The second-order valence-electron chi connectivity index (χ2n) is 7.42. The zero-order valence-corrected chi connectivity index (χ0v) is 17.0. The zero-order valence-electron chi connectivity index (χ0n) is 17.0. The molecular formula is C21H24N4O5. The molecule has 0 saturated carbocycles. The second-order valence-corrected chi connectivity index (χ2v) is 7.42. The number of carbonyl (C=O) groups excluding carboxylic acids is 2. The van der Waals surface area contributed by atoms with Gasteiger partial charge in [0.1, 0.15) is 5.60 Å². The first kappa shape index (κ1) is 22.5. The molecule has 2 N–H and O–H groups in total. The molecule has 0 bridgehead atoms. The maximum atomic E-state index is 12.4. The molecule has 9 nitrogen and oxygen atoms in total. The van der Waals surface area contributed by atoms with Gasteiger partial charge in [-0.3, -0.25) is 14.9 Å². The summed E-state index contributed by atoms with van der Waals surface area (Å²) >= 11 is 0. The second kappa shape index (κ2) is 10.1. The van der Waals surface area contributed by atoms with Crippen LogP contribution in [-0.2, 0) is 9.53 Å². The number of hydrogen-bond donors (Lipinski definition) is 2. The summed E-state index contributed by atoms with van der Waals surface area (Å²) in [5.41, 5.74) is 2.52. The Kier molecular flexibility index (Phi) is 7.62. The van der Waals surface area contributed by atoms with E-state index in [1.807, 2.05) is 6.07 Å². The van der Waals surface area contributed by atoms with Crippen LogP contribution in [0.15, 0.2) is 59.7 Å². The highest BCUT2D eigenvalue weighted by atomic mass is 16.6. The summed E-state index contributed by atoms with van der Waals surface area (Å²) in [4.78, 5) is 35.0. The van der Waals surface area contributed by atoms with Crippen molar-refractivity contribution in [2.75, 3.05) is 0 Å². The molecule has 1 atom stereocenters. The van der Waals surface area contributed by atoms with Gasteiger partial charge >= 0.3 is 6.09 Å². The van der Waals surface area contributed by atoms with Crippen molar-refractivity contribution in [3.05, 3.63) is 75.8 Å². The number of nitrogens with one attached hydrogen (secondary N) is 2. The zero-order chi connectivity index (χ0) is 22.1. The van der Waals surface area contributed by atoms with Crippen molar-refractivity contribution in [1.29, 1.82) is 0 Å². The van der Waals surface area contributed by atoms with Crippen LogP contribution in [0, 0.1) is 10.1 Å². The normalized spacial score (nSPS) is 12.2. The molecule has 2 rings (SSSR count). The van der Waals surface area contributed by atoms with Crippen LogP contribution in [0.25, 0.3) is 0 Å².